The Kier molecular flexibility index (Phi) is 4.36. The Morgan fingerprint density at radius 2 is 2.17 bits per heavy atom. The minimum atomic E-state index is -0.112. The van der Waals surface area contributed by atoms with Crippen LogP contribution < -0.4 is 5.73 Å². The fourth-order valence-corrected chi connectivity index (χ4v) is 3.12. The highest BCUT2D eigenvalue weighted by Gasteiger charge is 2.31. The van der Waals surface area contributed by atoms with Crippen LogP contribution in [0.2, 0.25) is 0 Å². The van der Waals surface area contributed by atoms with E-state index in [9.17, 15) is 4.39 Å². The molecule has 1 aliphatic heterocycles. The summed E-state index contributed by atoms with van der Waals surface area (Å²) >= 11 is 0. The molecule has 3 unspecified atom stereocenters. The summed E-state index contributed by atoms with van der Waals surface area (Å²) in [5.74, 6) is 0.483. The van der Waals surface area contributed by atoms with Gasteiger partial charge in [-0.25, -0.2) is 4.39 Å². The molecular weight excluding hydrogens is 227 g/mol. The molecule has 0 amide bonds. The second-order valence-electron chi connectivity index (χ2n) is 5.36. The lowest BCUT2D eigenvalue weighted by atomic mass is 9.88. The minimum absolute atomic E-state index is 0.0995. The van der Waals surface area contributed by atoms with Crippen molar-refractivity contribution in [2.45, 2.75) is 38.8 Å². The first-order valence-corrected chi connectivity index (χ1v) is 6.85. The van der Waals surface area contributed by atoms with Crippen molar-refractivity contribution >= 4 is 0 Å². The van der Waals surface area contributed by atoms with Crippen LogP contribution in [0.4, 0.5) is 4.39 Å². The van der Waals surface area contributed by atoms with Crippen molar-refractivity contribution in [3.05, 3.63) is 35.6 Å². The Hall–Kier alpha value is -0.930. The van der Waals surface area contributed by atoms with Gasteiger partial charge in [-0.15, -0.1) is 0 Å². The maximum Gasteiger partial charge on any atom is 0.127 e. The number of hydrogen-bond donors (Lipinski definition) is 1. The van der Waals surface area contributed by atoms with E-state index in [0.717, 1.165) is 12.1 Å². The van der Waals surface area contributed by atoms with Crippen LogP contribution in [0.3, 0.4) is 0 Å². The first-order chi connectivity index (χ1) is 8.65. The van der Waals surface area contributed by atoms with Gasteiger partial charge < -0.3 is 5.73 Å². The lowest BCUT2D eigenvalue weighted by Gasteiger charge is -2.43. The summed E-state index contributed by atoms with van der Waals surface area (Å²) in [6, 6.07) is 7.53. The van der Waals surface area contributed by atoms with Gasteiger partial charge in [0.15, 0.2) is 0 Å². The van der Waals surface area contributed by atoms with Gasteiger partial charge in [-0.2, -0.15) is 0 Å². The molecule has 18 heavy (non-hydrogen) atoms. The monoisotopic (exact) mass is 250 g/mol. The number of nitrogens with zero attached hydrogens (tertiary/aromatic N) is 1. The number of halogens is 1. The zero-order valence-corrected chi connectivity index (χ0v) is 11.3. The molecular formula is C15H23FN2. The highest BCUT2D eigenvalue weighted by molar-refractivity contribution is 5.21. The van der Waals surface area contributed by atoms with E-state index < -0.39 is 0 Å². The molecule has 0 saturated carbocycles. The zero-order valence-electron chi connectivity index (χ0n) is 11.3. The molecule has 1 fully saturated rings. The molecule has 2 N–H and O–H groups in total. The quantitative estimate of drug-likeness (QED) is 0.893. The second kappa shape index (κ2) is 5.81. The average Bonchev–Trinajstić information content (AvgIpc) is 2.38. The third-order valence-corrected chi connectivity index (χ3v) is 4.25. The Bertz CT molecular complexity index is 394. The molecule has 0 bridgehead atoms. The smallest absolute Gasteiger partial charge is 0.127 e. The average molecular weight is 250 g/mol. The third kappa shape index (κ3) is 2.57. The predicted molar refractivity (Wildman–Crippen MR) is 72.8 cm³/mol. The van der Waals surface area contributed by atoms with E-state index in [1.165, 1.54) is 18.9 Å². The Labute approximate surface area is 109 Å². The molecule has 0 aromatic heterocycles. The maximum atomic E-state index is 13.9. The van der Waals surface area contributed by atoms with Gasteiger partial charge in [-0.3, -0.25) is 4.90 Å². The molecule has 3 atom stereocenters. The summed E-state index contributed by atoms with van der Waals surface area (Å²) in [7, 11) is 0. The van der Waals surface area contributed by atoms with Gasteiger partial charge in [-0.1, -0.05) is 25.1 Å². The van der Waals surface area contributed by atoms with E-state index in [-0.39, 0.29) is 11.9 Å². The molecule has 1 saturated heterocycles. The number of likely N-dealkylation sites (tertiary alicyclic amines) is 1. The zero-order chi connectivity index (χ0) is 13.1. The molecule has 1 aromatic rings. The summed E-state index contributed by atoms with van der Waals surface area (Å²) in [6.07, 6.45) is 2.40. The van der Waals surface area contributed by atoms with Crippen molar-refractivity contribution in [1.29, 1.82) is 0 Å². The van der Waals surface area contributed by atoms with Gasteiger partial charge in [-0.05, 0) is 38.3 Å². The van der Waals surface area contributed by atoms with Crippen LogP contribution >= 0.6 is 0 Å². The fourth-order valence-electron chi connectivity index (χ4n) is 3.12. The van der Waals surface area contributed by atoms with E-state index >= 15 is 0 Å². The number of piperidine rings is 1. The highest BCUT2D eigenvalue weighted by atomic mass is 19.1. The summed E-state index contributed by atoms with van der Waals surface area (Å²) < 4.78 is 13.9. The summed E-state index contributed by atoms with van der Waals surface area (Å²) in [6.45, 7) is 6.00. The van der Waals surface area contributed by atoms with Crippen LogP contribution in [0.5, 0.6) is 0 Å². The lowest BCUT2D eigenvalue weighted by molar-refractivity contribution is 0.0675. The largest absolute Gasteiger partial charge is 0.329 e. The molecule has 1 heterocycles. The summed E-state index contributed by atoms with van der Waals surface area (Å²) in [5, 5.41) is 0. The summed E-state index contributed by atoms with van der Waals surface area (Å²) in [4.78, 5) is 2.37. The van der Waals surface area contributed by atoms with Crippen molar-refractivity contribution in [2.75, 3.05) is 13.1 Å². The van der Waals surface area contributed by atoms with Crippen molar-refractivity contribution in [3.63, 3.8) is 0 Å². The van der Waals surface area contributed by atoms with E-state index in [2.05, 4.69) is 18.7 Å². The molecule has 0 aliphatic carbocycles. The minimum Gasteiger partial charge on any atom is -0.329 e. The molecule has 100 valence electrons. The molecule has 1 aromatic carbocycles. The van der Waals surface area contributed by atoms with Crippen molar-refractivity contribution < 1.29 is 4.39 Å². The maximum absolute atomic E-state index is 13.9. The lowest BCUT2D eigenvalue weighted by Crippen LogP contribution is -2.49. The van der Waals surface area contributed by atoms with Gasteiger partial charge >= 0.3 is 0 Å². The molecule has 0 radical (unpaired) electrons. The van der Waals surface area contributed by atoms with Gasteiger partial charge in [0.1, 0.15) is 5.82 Å². The Balaban J connectivity index is 2.21. The van der Waals surface area contributed by atoms with E-state index in [1.807, 2.05) is 12.1 Å². The molecule has 2 nitrogen and oxygen atoms in total. The number of rotatable bonds is 3. The van der Waals surface area contributed by atoms with Crippen LogP contribution in [0, 0.1) is 11.7 Å². The van der Waals surface area contributed by atoms with E-state index in [4.69, 9.17) is 5.73 Å². The van der Waals surface area contributed by atoms with Crippen LogP contribution in [0.1, 0.15) is 38.3 Å². The number of hydrogen-bond acceptors (Lipinski definition) is 2. The van der Waals surface area contributed by atoms with Crippen LogP contribution in [-0.4, -0.2) is 24.0 Å². The Morgan fingerprint density at radius 1 is 1.44 bits per heavy atom. The van der Waals surface area contributed by atoms with Gasteiger partial charge in [0.2, 0.25) is 0 Å². The number of nitrogens with two attached hydrogens (primary N) is 1. The topological polar surface area (TPSA) is 29.3 Å². The third-order valence-electron chi connectivity index (χ3n) is 4.25. The van der Waals surface area contributed by atoms with Gasteiger partial charge in [0.05, 0.1) is 0 Å². The molecule has 2 rings (SSSR count). The van der Waals surface area contributed by atoms with Crippen molar-refractivity contribution in [2.24, 2.45) is 11.7 Å². The van der Waals surface area contributed by atoms with Crippen LogP contribution in [-0.2, 0) is 0 Å². The first-order valence-electron chi connectivity index (χ1n) is 6.85. The van der Waals surface area contributed by atoms with Gasteiger partial charge in [0, 0.05) is 24.2 Å². The highest BCUT2D eigenvalue weighted by Crippen LogP contribution is 2.31. The van der Waals surface area contributed by atoms with Crippen LogP contribution in [0.25, 0.3) is 0 Å². The Morgan fingerprint density at radius 3 is 2.83 bits per heavy atom. The second-order valence-corrected chi connectivity index (χ2v) is 5.36. The first kappa shape index (κ1) is 13.5. The standard InChI is InChI=1S/C15H23FN2/c1-11-6-5-9-18(15(11)10-17)12(2)13-7-3-4-8-14(13)16/h3-4,7-8,11-12,15H,5-6,9-10,17H2,1-2H3. The van der Waals surface area contributed by atoms with Crippen LogP contribution in [0.15, 0.2) is 24.3 Å². The molecule has 0 spiro atoms. The van der Waals surface area contributed by atoms with Crippen molar-refractivity contribution in [3.8, 4) is 0 Å². The predicted octanol–water partition coefficient (Wildman–Crippen LogP) is 2.95. The normalized spacial score (nSPS) is 27.1. The fraction of sp³-hybridized carbons (Fsp3) is 0.600. The SMILES string of the molecule is CC1CCCN(C(C)c2ccccc2F)C1CN. The number of benzene rings is 1. The van der Waals surface area contributed by atoms with Gasteiger partial charge in [0.25, 0.3) is 0 Å². The molecule has 1 aliphatic rings. The summed E-state index contributed by atoms with van der Waals surface area (Å²) in [5.41, 5.74) is 6.69. The van der Waals surface area contributed by atoms with E-state index in [1.54, 1.807) is 6.07 Å². The van der Waals surface area contributed by atoms with E-state index in [0.29, 0.717) is 18.5 Å². The molecule has 3 heteroatoms. The van der Waals surface area contributed by atoms with Crippen molar-refractivity contribution in [1.82, 2.24) is 4.90 Å².